The van der Waals surface area contributed by atoms with Gasteiger partial charge in [0.25, 0.3) is 0 Å². The van der Waals surface area contributed by atoms with E-state index in [-0.39, 0.29) is 0 Å². The van der Waals surface area contributed by atoms with Crippen LogP contribution in [0, 0.1) is 0 Å². The van der Waals surface area contributed by atoms with Gasteiger partial charge in [0.1, 0.15) is 11.2 Å². The molecular weight excluding hydrogens is 380 g/mol. The molecule has 0 N–H and O–H groups in total. The van der Waals surface area contributed by atoms with Gasteiger partial charge in [0.2, 0.25) is 0 Å². The van der Waals surface area contributed by atoms with Crippen LogP contribution in [0.2, 0.25) is 0 Å². The molecule has 0 fully saturated rings. The van der Waals surface area contributed by atoms with Crippen LogP contribution in [0.15, 0.2) is 114 Å². The smallest absolute Gasteiger partial charge is 0.135 e. The summed E-state index contributed by atoms with van der Waals surface area (Å²) in [5.74, 6) is 0. The number of hydrogen-bond donors (Lipinski definition) is 0. The van der Waals surface area contributed by atoms with E-state index in [4.69, 9.17) is 4.42 Å². The standard InChI is InChI=1S/C28H18N2O/c1-2-4-27-24(3-1)25-17-22(10-12-28(25)31-27)19-5-7-20(8-6-19)23-9-11-26(30-18-23)21-13-15-29-16-14-21/h1-18H. The van der Waals surface area contributed by atoms with Gasteiger partial charge in [-0.25, -0.2) is 0 Å². The monoisotopic (exact) mass is 398 g/mol. The van der Waals surface area contributed by atoms with Crippen LogP contribution in [0.1, 0.15) is 0 Å². The van der Waals surface area contributed by atoms with Crippen molar-refractivity contribution in [1.29, 1.82) is 0 Å². The zero-order valence-corrected chi connectivity index (χ0v) is 16.7. The minimum atomic E-state index is 0.918. The maximum absolute atomic E-state index is 5.95. The largest absolute Gasteiger partial charge is 0.456 e. The number of hydrogen-bond acceptors (Lipinski definition) is 3. The van der Waals surface area contributed by atoms with Crippen molar-refractivity contribution in [3.63, 3.8) is 0 Å². The second-order valence-electron chi connectivity index (χ2n) is 7.55. The number of rotatable bonds is 3. The molecule has 3 heterocycles. The molecule has 0 bridgehead atoms. The lowest BCUT2D eigenvalue weighted by atomic mass is 9.99. The zero-order chi connectivity index (χ0) is 20.6. The minimum absolute atomic E-state index is 0.918. The van der Waals surface area contributed by atoms with Gasteiger partial charge in [-0.15, -0.1) is 0 Å². The van der Waals surface area contributed by atoms with E-state index in [1.165, 1.54) is 11.1 Å². The highest BCUT2D eigenvalue weighted by atomic mass is 16.3. The first-order chi connectivity index (χ1) is 15.3. The lowest BCUT2D eigenvalue weighted by molar-refractivity contribution is 0.669. The Morgan fingerprint density at radius 1 is 0.516 bits per heavy atom. The molecule has 31 heavy (non-hydrogen) atoms. The highest BCUT2D eigenvalue weighted by Crippen LogP contribution is 2.33. The fourth-order valence-corrected chi connectivity index (χ4v) is 4.02. The quantitative estimate of drug-likeness (QED) is 0.312. The summed E-state index contributed by atoms with van der Waals surface area (Å²) in [6.07, 6.45) is 5.50. The fraction of sp³-hybridized carbons (Fsp3) is 0. The lowest BCUT2D eigenvalue weighted by Gasteiger charge is -2.06. The summed E-state index contributed by atoms with van der Waals surface area (Å²) in [6.45, 7) is 0. The third-order valence-electron chi connectivity index (χ3n) is 5.67. The summed E-state index contributed by atoms with van der Waals surface area (Å²) >= 11 is 0. The summed E-state index contributed by atoms with van der Waals surface area (Å²) in [4.78, 5) is 8.69. The average Bonchev–Trinajstić information content (AvgIpc) is 3.23. The van der Waals surface area contributed by atoms with E-state index in [0.29, 0.717) is 0 Å². The number of furan rings is 1. The molecule has 0 aliphatic carbocycles. The number of aromatic nitrogens is 2. The molecule has 3 aromatic heterocycles. The first-order valence-electron chi connectivity index (χ1n) is 10.2. The number of pyridine rings is 2. The van der Waals surface area contributed by atoms with Crippen LogP contribution in [0.5, 0.6) is 0 Å². The van der Waals surface area contributed by atoms with Crippen LogP contribution >= 0.6 is 0 Å². The fourth-order valence-electron chi connectivity index (χ4n) is 4.02. The highest BCUT2D eigenvalue weighted by Gasteiger charge is 2.08. The van der Waals surface area contributed by atoms with Crippen molar-refractivity contribution >= 4 is 21.9 Å². The molecule has 3 nitrogen and oxygen atoms in total. The Morgan fingerprint density at radius 3 is 1.97 bits per heavy atom. The molecule has 0 aliphatic heterocycles. The van der Waals surface area contributed by atoms with E-state index >= 15 is 0 Å². The SMILES string of the molecule is c1ccc2c(c1)oc1ccc(-c3ccc(-c4ccc(-c5ccncc5)nc4)cc3)cc12. The van der Waals surface area contributed by atoms with Crippen molar-refractivity contribution in [2.45, 2.75) is 0 Å². The Balaban J connectivity index is 1.32. The second-order valence-corrected chi connectivity index (χ2v) is 7.55. The van der Waals surface area contributed by atoms with E-state index in [9.17, 15) is 0 Å². The number of benzene rings is 3. The van der Waals surface area contributed by atoms with Crippen LogP contribution in [-0.2, 0) is 0 Å². The molecule has 6 aromatic rings. The van der Waals surface area contributed by atoms with E-state index in [1.54, 1.807) is 12.4 Å². The molecule has 146 valence electrons. The van der Waals surface area contributed by atoms with Gasteiger partial charge in [-0.1, -0.05) is 54.6 Å². The van der Waals surface area contributed by atoms with Gasteiger partial charge in [0.15, 0.2) is 0 Å². The van der Waals surface area contributed by atoms with E-state index < -0.39 is 0 Å². The molecule has 3 aromatic carbocycles. The van der Waals surface area contributed by atoms with Crippen molar-refractivity contribution in [1.82, 2.24) is 9.97 Å². The molecule has 0 saturated carbocycles. The van der Waals surface area contributed by atoms with Crippen molar-refractivity contribution in [3.05, 3.63) is 110 Å². The summed E-state index contributed by atoms with van der Waals surface area (Å²) in [5, 5.41) is 2.30. The van der Waals surface area contributed by atoms with Gasteiger partial charge in [0, 0.05) is 40.5 Å². The third kappa shape index (κ3) is 3.17. The van der Waals surface area contributed by atoms with Gasteiger partial charge >= 0.3 is 0 Å². The molecule has 0 atom stereocenters. The third-order valence-corrected chi connectivity index (χ3v) is 5.67. The Hall–Kier alpha value is -4.24. The zero-order valence-electron chi connectivity index (χ0n) is 16.7. The highest BCUT2D eigenvalue weighted by molar-refractivity contribution is 6.06. The van der Waals surface area contributed by atoms with Gasteiger partial charge < -0.3 is 4.42 Å². The average molecular weight is 398 g/mol. The first-order valence-corrected chi connectivity index (χ1v) is 10.2. The van der Waals surface area contributed by atoms with Crippen molar-refractivity contribution in [2.75, 3.05) is 0 Å². The predicted molar refractivity (Wildman–Crippen MR) is 126 cm³/mol. The Kier molecular flexibility index (Phi) is 4.10. The molecule has 0 amide bonds. The molecule has 0 unspecified atom stereocenters. The normalized spacial score (nSPS) is 11.2. The molecule has 0 spiro atoms. The Morgan fingerprint density at radius 2 is 1.19 bits per heavy atom. The van der Waals surface area contributed by atoms with Crippen molar-refractivity contribution < 1.29 is 4.42 Å². The Labute approximate surface area is 179 Å². The predicted octanol–water partition coefficient (Wildman–Crippen LogP) is 7.38. The van der Waals surface area contributed by atoms with Gasteiger partial charge in [-0.3, -0.25) is 9.97 Å². The number of para-hydroxylation sites is 1. The second kappa shape index (κ2) is 7.22. The van der Waals surface area contributed by atoms with E-state index in [0.717, 1.165) is 44.3 Å². The van der Waals surface area contributed by atoms with Gasteiger partial charge in [0.05, 0.1) is 5.69 Å². The van der Waals surface area contributed by atoms with Crippen LogP contribution in [-0.4, -0.2) is 9.97 Å². The molecule has 6 rings (SSSR count). The molecule has 3 heteroatoms. The van der Waals surface area contributed by atoms with Crippen LogP contribution in [0.3, 0.4) is 0 Å². The summed E-state index contributed by atoms with van der Waals surface area (Å²) < 4.78 is 5.95. The summed E-state index contributed by atoms with van der Waals surface area (Å²) in [6, 6.07) is 31.3. The number of nitrogens with zero attached hydrogens (tertiary/aromatic N) is 2. The molecule has 0 radical (unpaired) electrons. The molecule has 0 aliphatic rings. The first kappa shape index (κ1) is 17.6. The number of fused-ring (bicyclic) bond motifs is 3. The maximum Gasteiger partial charge on any atom is 0.135 e. The summed E-state index contributed by atoms with van der Waals surface area (Å²) in [5.41, 5.74) is 8.46. The van der Waals surface area contributed by atoms with Gasteiger partial charge in [-0.05, 0) is 53.1 Å². The van der Waals surface area contributed by atoms with E-state index in [2.05, 4.69) is 70.6 Å². The van der Waals surface area contributed by atoms with Crippen molar-refractivity contribution in [3.8, 4) is 33.5 Å². The van der Waals surface area contributed by atoms with E-state index in [1.807, 2.05) is 36.5 Å². The molecule has 0 saturated heterocycles. The van der Waals surface area contributed by atoms with Gasteiger partial charge in [-0.2, -0.15) is 0 Å². The molecular formula is C28H18N2O. The topological polar surface area (TPSA) is 38.9 Å². The van der Waals surface area contributed by atoms with Crippen molar-refractivity contribution in [2.24, 2.45) is 0 Å². The Bertz CT molecular complexity index is 1500. The summed E-state index contributed by atoms with van der Waals surface area (Å²) in [7, 11) is 0. The van der Waals surface area contributed by atoms with Crippen LogP contribution in [0.25, 0.3) is 55.4 Å². The lowest BCUT2D eigenvalue weighted by Crippen LogP contribution is -1.86. The van der Waals surface area contributed by atoms with Crippen LogP contribution in [0.4, 0.5) is 0 Å². The maximum atomic E-state index is 5.95. The minimum Gasteiger partial charge on any atom is -0.456 e. The van der Waals surface area contributed by atoms with Crippen LogP contribution < -0.4 is 0 Å².